The van der Waals surface area contributed by atoms with Crippen LogP contribution < -0.4 is 5.32 Å². The van der Waals surface area contributed by atoms with Crippen molar-refractivity contribution in [3.63, 3.8) is 0 Å². The van der Waals surface area contributed by atoms with E-state index in [-0.39, 0.29) is 45.1 Å². The number of hydrogen-bond donors (Lipinski definition) is 1. The standard InChI is InChI=1S/C32H46N2O2/c1-10-34-32-15-13-27(2,3)18-20(32)25-22(35)17-24-29(6)19-21(33-9)26(36)28(4,5)23(29)11-12-30(24,7)31(25,8)14-16-32/h17,19-20,23,25,34H,10-16,18H2,1-8H3/t20-,23-,25-,29-,30+,31+,32-/m0/s1. The maximum Gasteiger partial charge on any atom is 0.226 e. The van der Waals surface area contributed by atoms with E-state index in [1.54, 1.807) is 0 Å². The molecule has 5 aliphatic carbocycles. The molecule has 0 amide bonds. The molecule has 0 bridgehead atoms. The van der Waals surface area contributed by atoms with Gasteiger partial charge in [-0.1, -0.05) is 67.0 Å². The van der Waals surface area contributed by atoms with Gasteiger partial charge in [-0.3, -0.25) is 4.79 Å². The summed E-state index contributed by atoms with van der Waals surface area (Å²) in [6, 6.07) is 0. The second-order valence-electron chi connectivity index (χ2n) is 14.9. The summed E-state index contributed by atoms with van der Waals surface area (Å²) in [4.78, 5) is 31.3. The molecule has 0 aromatic heterocycles. The van der Waals surface area contributed by atoms with Gasteiger partial charge in [0, 0.05) is 22.3 Å². The number of rotatable bonds is 2. The van der Waals surface area contributed by atoms with Gasteiger partial charge in [0.1, 0.15) is 0 Å². The molecule has 0 aliphatic heterocycles. The number of carbonyl (C=O) groups excluding carboxylic acids is 2. The molecule has 5 aliphatic rings. The van der Waals surface area contributed by atoms with E-state index in [0.29, 0.717) is 11.7 Å². The van der Waals surface area contributed by atoms with E-state index in [1.165, 1.54) is 12.0 Å². The summed E-state index contributed by atoms with van der Waals surface area (Å²) >= 11 is 0. The third-order valence-electron chi connectivity index (χ3n) is 12.4. The average molecular weight is 491 g/mol. The molecular weight excluding hydrogens is 444 g/mol. The number of nitrogens with one attached hydrogen (secondary N) is 1. The maximum atomic E-state index is 14.4. The summed E-state index contributed by atoms with van der Waals surface area (Å²) in [6.07, 6.45) is 11.5. The van der Waals surface area contributed by atoms with E-state index in [2.05, 4.69) is 51.7 Å². The Kier molecular flexibility index (Phi) is 5.51. The Morgan fingerprint density at radius 2 is 1.67 bits per heavy atom. The fraction of sp³-hybridized carbons (Fsp3) is 0.781. The van der Waals surface area contributed by atoms with Crippen LogP contribution in [0.5, 0.6) is 0 Å². The Labute approximate surface area is 218 Å². The number of allylic oxidation sites excluding steroid dienone is 4. The molecule has 196 valence electrons. The Bertz CT molecular complexity index is 1120. The second kappa shape index (κ2) is 7.66. The number of hydrogen-bond acceptors (Lipinski definition) is 3. The van der Waals surface area contributed by atoms with Crippen LogP contribution in [0.1, 0.15) is 100 Å². The lowest BCUT2D eigenvalue weighted by Gasteiger charge is -2.69. The van der Waals surface area contributed by atoms with Crippen LogP contribution in [0, 0.1) is 51.4 Å². The summed E-state index contributed by atoms with van der Waals surface area (Å²) in [5.74, 6) is 0.720. The molecule has 0 aromatic carbocycles. The zero-order valence-electron chi connectivity index (χ0n) is 23.8. The summed E-state index contributed by atoms with van der Waals surface area (Å²) in [5, 5.41) is 3.92. The molecule has 0 saturated heterocycles. The van der Waals surface area contributed by atoms with Crippen molar-refractivity contribution in [3.05, 3.63) is 34.8 Å². The van der Waals surface area contributed by atoms with E-state index in [4.69, 9.17) is 6.57 Å². The molecule has 4 nitrogen and oxygen atoms in total. The first-order chi connectivity index (χ1) is 16.6. The quantitative estimate of drug-likeness (QED) is 0.427. The van der Waals surface area contributed by atoms with Crippen molar-refractivity contribution in [2.24, 2.45) is 44.8 Å². The normalized spacial score (nSPS) is 46.8. The molecule has 3 fully saturated rings. The topological polar surface area (TPSA) is 50.5 Å². The molecule has 3 saturated carbocycles. The van der Waals surface area contributed by atoms with Crippen LogP contribution >= 0.6 is 0 Å². The molecule has 0 aromatic rings. The Balaban J connectivity index is 1.69. The number of fused-ring (bicyclic) bond motifs is 7. The van der Waals surface area contributed by atoms with Crippen LogP contribution in [0.3, 0.4) is 0 Å². The number of carbonyl (C=O) groups is 2. The molecule has 0 radical (unpaired) electrons. The molecule has 7 atom stereocenters. The van der Waals surface area contributed by atoms with Gasteiger partial charge in [0.15, 0.2) is 11.6 Å². The first-order valence-corrected chi connectivity index (χ1v) is 14.3. The second-order valence-corrected chi connectivity index (χ2v) is 14.9. The molecule has 4 heteroatoms. The molecule has 0 heterocycles. The monoisotopic (exact) mass is 490 g/mol. The lowest BCUT2D eigenvalue weighted by molar-refractivity contribution is -0.161. The Morgan fingerprint density at radius 1 is 1.00 bits per heavy atom. The van der Waals surface area contributed by atoms with Crippen molar-refractivity contribution < 1.29 is 9.59 Å². The van der Waals surface area contributed by atoms with Crippen molar-refractivity contribution in [2.75, 3.05) is 6.54 Å². The lowest BCUT2D eigenvalue weighted by atomic mass is 9.35. The van der Waals surface area contributed by atoms with Gasteiger partial charge < -0.3 is 10.1 Å². The minimum atomic E-state index is -0.605. The molecule has 36 heavy (non-hydrogen) atoms. The van der Waals surface area contributed by atoms with Crippen molar-refractivity contribution in [1.29, 1.82) is 0 Å². The average Bonchev–Trinajstić information content (AvgIpc) is 2.79. The fourth-order valence-electron chi connectivity index (χ4n) is 10.3. The highest BCUT2D eigenvalue weighted by Gasteiger charge is 2.69. The van der Waals surface area contributed by atoms with Gasteiger partial charge in [-0.05, 0) is 85.6 Å². The van der Waals surface area contributed by atoms with E-state index in [0.717, 1.165) is 45.1 Å². The van der Waals surface area contributed by atoms with Gasteiger partial charge in [-0.15, -0.1) is 0 Å². The highest BCUT2D eigenvalue weighted by atomic mass is 16.1. The van der Waals surface area contributed by atoms with Gasteiger partial charge in [-0.25, -0.2) is 4.85 Å². The first-order valence-electron chi connectivity index (χ1n) is 14.3. The zero-order valence-corrected chi connectivity index (χ0v) is 23.8. The van der Waals surface area contributed by atoms with Gasteiger partial charge in [0.25, 0.3) is 0 Å². The Morgan fingerprint density at radius 3 is 2.31 bits per heavy atom. The summed E-state index contributed by atoms with van der Waals surface area (Å²) in [7, 11) is 0. The molecule has 0 spiro atoms. The van der Waals surface area contributed by atoms with Crippen LogP contribution in [0.25, 0.3) is 4.85 Å². The van der Waals surface area contributed by atoms with E-state index >= 15 is 0 Å². The maximum absolute atomic E-state index is 14.4. The minimum absolute atomic E-state index is 0.0151. The number of Topliss-reactive ketones (excluding diaryl/α,β-unsaturated/α-hetero) is 1. The number of ketones is 2. The molecule has 5 rings (SSSR count). The summed E-state index contributed by atoms with van der Waals surface area (Å²) in [5.41, 5.74) is 0.451. The minimum Gasteiger partial charge on any atom is -0.311 e. The largest absolute Gasteiger partial charge is 0.311 e. The van der Waals surface area contributed by atoms with Gasteiger partial charge in [0.05, 0.1) is 6.57 Å². The highest BCUT2D eigenvalue weighted by molar-refractivity contribution is 6.03. The lowest BCUT2D eigenvalue weighted by Crippen LogP contribution is -2.69. The van der Waals surface area contributed by atoms with Crippen molar-refractivity contribution >= 4 is 11.6 Å². The van der Waals surface area contributed by atoms with Crippen LogP contribution in [-0.2, 0) is 9.59 Å². The summed E-state index contributed by atoms with van der Waals surface area (Å²) in [6.45, 7) is 26.8. The molecule has 1 N–H and O–H groups in total. The van der Waals surface area contributed by atoms with E-state index in [9.17, 15) is 9.59 Å². The van der Waals surface area contributed by atoms with Crippen LogP contribution in [-0.4, -0.2) is 23.7 Å². The van der Waals surface area contributed by atoms with Crippen LogP contribution in [0.4, 0.5) is 0 Å². The predicted molar refractivity (Wildman–Crippen MR) is 144 cm³/mol. The van der Waals surface area contributed by atoms with E-state index in [1.807, 2.05) is 26.0 Å². The third-order valence-corrected chi connectivity index (χ3v) is 12.4. The van der Waals surface area contributed by atoms with Gasteiger partial charge in [0.2, 0.25) is 5.70 Å². The fourth-order valence-corrected chi connectivity index (χ4v) is 10.3. The smallest absolute Gasteiger partial charge is 0.226 e. The van der Waals surface area contributed by atoms with Crippen LogP contribution in [0.2, 0.25) is 0 Å². The summed E-state index contributed by atoms with van der Waals surface area (Å²) < 4.78 is 0. The van der Waals surface area contributed by atoms with E-state index < -0.39 is 10.8 Å². The van der Waals surface area contributed by atoms with Crippen LogP contribution in [0.15, 0.2) is 23.4 Å². The molecule has 0 unspecified atom stereocenters. The first kappa shape index (κ1) is 25.9. The zero-order chi connectivity index (χ0) is 26.5. The van der Waals surface area contributed by atoms with Gasteiger partial charge >= 0.3 is 0 Å². The third kappa shape index (κ3) is 3.08. The predicted octanol–water partition coefficient (Wildman–Crippen LogP) is 6.92. The van der Waals surface area contributed by atoms with Crippen molar-refractivity contribution in [1.82, 2.24) is 5.32 Å². The highest BCUT2D eigenvalue weighted by Crippen LogP contribution is 2.73. The molecular formula is C32H46N2O2. The van der Waals surface area contributed by atoms with Gasteiger partial charge in [-0.2, -0.15) is 0 Å². The number of nitrogens with zero attached hydrogens (tertiary/aromatic N) is 1. The van der Waals surface area contributed by atoms with Crippen molar-refractivity contribution in [3.8, 4) is 0 Å². The Hall–Kier alpha value is -1.73. The SMILES string of the molecule is [C-]#[N+]C1=C[C@]2(C)C3=CC(=O)[C@@H]4[C@@H]5CC(C)(C)CC[C@]5(NCC)CC[C@@]4(C)[C@]3(C)CC[C@H]2C(C)(C)C1=O. The van der Waals surface area contributed by atoms with Crippen molar-refractivity contribution in [2.45, 2.75) is 106 Å².